The van der Waals surface area contributed by atoms with Crippen LogP contribution in [-0.2, 0) is 7.05 Å². The van der Waals surface area contributed by atoms with E-state index >= 15 is 0 Å². The summed E-state index contributed by atoms with van der Waals surface area (Å²) in [7, 11) is 3.85. The van der Waals surface area contributed by atoms with Gasteiger partial charge >= 0.3 is 0 Å². The smallest absolute Gasteiger partial charge is 0.270 e. The SMILES string of the molecule is Cc1ccc(C(=O)N(C)C2CCC(N)CC2)n1C. The molecule has 0 atom stereocenters. The Morgan fingerprint density at radius 3 is 2.44 bits per heavy atom. The summed E-state index contributed by atoms with van der Waals surface area (Å²) in [6.07, 6.45) is 4.09. The summed E-state index contributed by atoms with van der Waals surface area (Å²) in [5, 5.41) is 0. The van der Waals surface area contributed by atoms with Gasteiger partial charge in [-0.25, -0.2) is 0 Å². The number of nitrogens with two attached hydrogens (primary N) is 1. The second-order valence-corrected chi connectivity index (χ2v) is 5.40. The summed E-state index contributed by atoms with van der Waals surface area (Å²) < 4.78 is 1.95. The summed E-state index contributed by atoms with van der Waals surface area (Å²) >= 11 is 0. The van der Waals surface area contributed by atoms with Gasteiger partial charge in [-0.15, -0.1) is 0 Å². The average molecular weight is 249 g/mol. The van der Waals surface area contributed by atoms with Gasteiger partial charge in [-0.05, 0) is 44.7 Å². The molecule has 1 amide bonds. The first-order valence-corrected chi connectivity index (χ1v) is 6.65. The maximum atomic E-state index is 12.4. The van der Waals surface area contributed by atoms with Crippen molar-refractivity contribution in [2.45, 2.75) is 44.7 Å². The van der Waals surface area contributed by atoms with Crippen LogP contribution in [0.3, 0.4) is 0 Å². The van der Waals surface area contributed by atoms with E-state index in [1.54, 1.807) is 0 Å². The molecule has 0 aliphatic heterocycles. The monoisotopic (exact) mass is 249 g/mol. The molecule has 1 aromatic heterocycles. The first kappa shape index (κ1) is 13.1. The fourth-order valence-corrected chi connectivity index (χ4v) is 2.66. The summed E-state index contributed by atoms with van der Waals surface area (Å²) in [4.78, 5) is 14.3. The highest BCUT2D eigenvalue weighted by Crippen LogP contribution is 2.22. The van der Waals surface area contributed by atoms with Crippen LogP contribution >= 0.6 is 0 Å². The normalized spacial score (nSPS) is 24.0. The Kier molecular flexibility index (Phi) is 3.76. The molecule has 1 aliphatic carbocycles. The molecule has 1 aliphatic rings. The van der Waals surface area contributed by atoms with Gasteiger partial charge in [-0.1, -0.05) is 0 Å². The van der Waals surface area contributed by atoms with E-state index in [1.807, 2.05) is 42.6 Å². The van der Waals surface area contributed by atoms with E-state index in [-0.39, 0.29) is 5.91 Å². The maximum absolute atomic E-state index is 12.4. The number of hydrogen-bond acceptors (Lipinski definition) is 2. The van der Waals surface area contributed by atoms with E-state index in [0.29, 0.717) is 12.1 Å². The molecule has 1 saturated carbocycles. The van der Waals surface area contributed by atoms with Gasteiger partial charge < -0.3 is 15.2 Å². The Morgan fingerprint density at radius 1 is 1.33 bits per heavy atom. The minimum Gasteiger partial charge on any atom is -0.344 e. The molecule has 0 radical (unpaired) electrons. The van der Waals surface area contributed by atoms with Crippen molar-refractivity contribution < 1.29 is 4.79 Å². The lowest BCUT2D eigenvalue weighted by Gasteiger charge is -2.33. The lowest BCUT2D eigenvalue weighted by atomic mass is 9.91. The third kappa shape index (κ3) is 2.43. The summed E-state index contributed by atoms with van der Waals surface area (Å²) in [6.45, 7) is 2.01. The Morgan fingerprint density at radius 2 is 1.94 bits per heavy atom. The van der Waals surface area contributed by atoms with Gasteiger partial charge in [0.05, 0.1) is 0 Å². The largest absolute Gasteiger partial charge is 0.344 e. The third-order valence-electron chi connectivity index (χ3n) is 4.20. The lowest BCUT2D eigenvalue weighted by Crippen LogP contribution is -2.42. The van der Waals surface area contributed by atoms with Gasteiger partial charge in [-0.3, -0.25) is 4.79 Å². The zero-order valence-corrected chi connectivity index (χ0v) is 11.5. The number of carbonyl (C=O) groups excluding carboxylic acids is 1. The number of hydrogen-bond donors (Lipinski definition) is 1. The molecule has 1 heterocycles. The molecule has 0 bridgehead atoms. The minimum atomic E-state index is 0.117. The minimum absolute atomic E-state index is 0.117. The van der Waals surface area contributed by atoms with Crippen LogP contribution < -0.4 is 5.73 Å². The first-order chi connectivity index (χ1) is 8.50. The van der Waals surface area contributed by atoms with Crippen LogP contribution in [0.4, 0.5) is 0 Å². The molecular formula is C14H23N3O. The Balaban J connectivity index is 2.07. The maximum Gasteiger partial charge on any atom is 0.270 e. The van der Waals surface area contributed by atoms with Crippen molar-refractivity contribution in [3.63, 3.8) is 0 Å². The van der Waals surface area contributed by atoms with Crippen LogP contribution in [0.25, 0.3) is 0 Å². The molecule has 18 heavy (non-hydrogen) atoms. The van der Waals surface area contributed by atoms with E-state index in [9.17, 15) is 4.79 Å². The predicted molar refractivity (Wildman–Crippen MR) is 72.5 cm³/mol. The average Bonchev–Trinajstić information content (AvgIpc) is 2.69. The van der Waals surface area contributed by atoms with E-state index in [0.717, 1.165) is 37.1 Å². The lowest BCUT2D eigenvalue weighted by molar-refractivity contribution is 0.0680. The highest BCUT2D eigenvalue weighted by Gasteiger charge is 2.26. The van der Waals surface area contributed by atoms with Crippen LogP contribution in [0, 0.1) is 6.92 Å². The summed E-state index contributed by atoms with van der Waals surface area (Å²) in [5.74, 6) is 0.117. The van der Waals surface area contributed by atoms with Gasteiger partial charge in [0.25, 0.3) is 5.91 Å². The first-order valence-electron chi connectivity index (χ1n) is 6.65. The van der Waals surface area contributed by atoms with Crippen molar-refractivity contribution in [3.8, 4) is 0 Å². The molecule has 0 spiro atoms. The third-order valence-corrected chi connectivity index (χ3v) is 4.20. The number of aryl methyl sites for hydroxylation is 1. The van der Waals surface area contributed by atoms with Crippen molar-refractivity contribution in [1.82, 2.24) is 9.47 Å². The second-order valence-electron chi connectivity index (χ2n) is 5.40. The van der Waals surface area contributed by atoms with Crippen molar-refractivity contribution in [2.24, 2.45) is 12.8 Å². The molecule has 0 unspecified atom stereocenters. The van der Waals surface area contributed by atoms with E-state index < -0.39 is 0 Å². The fraction of sp³-hybridized carbons (Fsp3) is 0.643. The van der Waals surface area contributed by atoms with Crippen LogP contribution in [-0.4, -0.2) is 34.5 Å². The molecule has 100 valence electrons. The Labute approximate surface area is 109 Å². The van der Waals surface area contributed by atoms with Crippen LogP contribution in [0.5, 0.6) is 0 Å². The van der Waals surface area contributed by atoms with Crippen LogP contribution in [0.1, 0.15) is 41.9 Å². The topological polar surface area (TPSA) is 51.3 Å². The molecular weight excluding hydrogens is 226 g/mol. The number of nitrogens with zero attached hydrogens (tertiary/aromatic N) is 2. The van der Waals surface area contributed by atoms with Crippen molar-refractivity contribution in [1.29, 1.82) is 0 Å². The highest BCUT2D eigenvalue weighted by molar-refractivity contribution is 5.93. The van der Waals surface area contributed by atoms with E-state index in [2.05, 4.69) is 0 Å². The van der Waals surface area contributed by atoms with Crippen LogP contribution in [0.2, 0.25) is 0 Å². The zero-order chi connectivity index (χ0) is 13.3. The number of rotatable bonds is 2. The zero-order valence-electron chi connectivity index (χ0n) is 11.5. The molecule has 1 fully saturated rings. The molecule has 0 saturated heterocycles. The van der Waals surface area contributed by atoms with E-state index in [1.165, 1.54) is 0 Å². The van der Waals surface area contributed by atoms with Crippen molar-refractivity contribution >= 4 is 5.91 Å². The van der Waals surface area contributed by atoms with Gasteiger partial charge in [0.2, 0.25) is 0 Å². The van der Waals surface area contributed by atoms with E-state index in [4.69, 9.17) is 5.73 Å². The predicted octanol–water partition coefficient (Wildman–Crippen LogP) is 1.68. The molecule has 0 aromatic carbocycles. The Bertz CT molecular complexity index is 430. The van der Waals surface area contributed by atoms with Crippen molar-refractivity contribution in [3.05, 3.63) is 23.5 Å². The molecule has 1 aromatic rings. The standard InChI is InChI=1S/C14H23N3O/c1-10-4-9-13(16(10)2)14(18)17(3)12-7-5-11(15)6-8-12/h4,9,11-12H,5-8,15H2,1-3H3. The van der Waals surface area contributed by atoms with Crippen LogP contribution in [0.15, 0.2) is 12.1 Å². The quantitative estimate of drug-likeness (QED) is 0.867. The summed E-state index contributed by atoms with van der Waals surface area (Å²) in [5.41, 5.74) is 7.78. The number of amides is 1. The van der Waals surface area contributed by atoms with Gasteiger partial charge in [0.1, 0.15) is 5.69 Å². The van der Waals surface area contributed by atoms with Crippen molar-refractivity contribution in [2.75, 3.05) is 7.05 Å². The highest BCUT2D eigenvalue weighted by atomic mass is 16.2. The molecule has 4 heteroatoms. The molecule has 2 rings (SSSR count). The number of carbonyl (C=O) groups is 1. The van der Waals surface area contributed by atoms with Gasteiger partial charge in [0.15, 0.2) is 0 Å². The molecule has 4 nitrogen and oxygen atoms in total. The second kappa shape index (κ2) is 5.14. The van der Waals surface area contributed by atoms with Gasteiger partial charge in [0, 0.05) is 31.9 Å². The fourth-order valence-electron chi connectivity index (χ4n) is 2.66. The summed E-state index contributed by atoms with van der Waals surface area (Å²) in [6, 6.07) is 4.55. The number of aromatic nitrogens is 1. The molecule has 2 N–H and O–H groups in total. The van der Waals surface area contributed by atoms with Gasteiger partial charge in [-0.2, -0.15) is 0 Å². The Hall–Kier alpha value is -1.29.